The molecule has 0 saturated carbocycles. The topological polar surface area (TPSA) is 21.7 Å². The first-order valence-electron chi connectivity index (χ1n) is 8.31. The van der Waals surface area contributed by atoms with Crippen molar-refractivity contribution >= 4 is 0 Å². The summed E-state index contributed by atoms with van der Waals surface area (Å²) < 4.78 is 24.7. The van der Waals surface area contributed by atoms with E-state index in [4.69, 9.17) is 9.47 Å². The van der Waals surface area contributed by atoms with Crippen LogP contribution in [0, 0.1) is 11.7 Å². The summed E-state index contributed by atoms with van der Waals surface area (Å²) in [6, 6.07) is 6.93. The number of nitrogens with zero attached hydrogens (tertiary/aromatic N) is 1. The van der Waals surface area contributed by atoms with Crippen molar-refractivity contribution in [3.8, 4) is 0 Å². The molecule has 0 N–H and O–H groups in total. The van der Waals surface area contributed by atoms with E-state index >= 15 is 0 Å². The number of hydrogen-bond donors (Lipinski definition) is 0. The van der Waals surface area contributed by atoms with E-state index in [0.29, 0.717) is 5.92 Å². The van der Waals surface area contributed by atoms with E-state index < -0.39 is 0 Å². The molecule has 2 fully saturated rings. The quantitative estimate of drug-likeness (QED) is 0.833. The average molecular weight is 307 g/mol. The molecule has 122 valence electrons. The summed E-state index contributed by atoms with van der Waals surface area (Å²) in [5.74, 6) is 0.480. The summed E-state index contributed by atoms with van der Waals surface area (Å²) in [5, 5.41) is 0. The van der Waals surface area contributed by atoms with Crippen LogP contribution in [0.1, 0.15) is 31.2 Å². The maximum atomic E-state index is 13.3. The van der Waals surface area contributed by atoms with Crippen molar-refractivity contribution in [3.63, 3.8) is 0 Å². The lowest BCUT2D eigenvalue weighted by Crippen LogP contribution is -2.47. The minimum atomic E-state index is -0.148. The summed E-state index contributed by atoms with van der Waals surface area (Å²) in [5.41, 5.74) is 1.12. The van der Waals surface area contributed by atoms with Crippen molar-refractivity contribution in [1.82, 2.24) is 4.90 Å². The van der Waals surface area contributed by atoms with Gasteiger partial charge in [0, 0.05) is 40.0 Å². The summed E-state index contributed by atoms with van der Waals surface area (Å²) >= 11 is 0. The van der Waals surface area contributed by atoms with Gasteiger partial charge in [0.25, 0.3) is 0 Å². The van der Waals surface area contributed by atoms with Crippen LogP contribution >= 0.6 is 0 Å². The summed E-state index contributed by atoms with van der Waals surface area (Å²) in [6.07, 6.45) is 4.42. The SMILES string of the molecule is COCCC1CCOC12CCN(Cc1cccc(F)c1)CC2. The largest absolute Gasteiger partial charge is 0.385 e. The normalized spacial score (nSPS) is 24.9. The van der Waals surface area contributed by atoms with Crippen LogP contribution in [-0.2, 0) is 16.0 Å². The number of halogens is 1. The van der Waals surface area contributed by atoms with Gasteiger partial charge in [-0.25, -0.2) is 4.39 Å². The molecule has 1 spiro atoms. The molecular formula is C18H26FNO2. The van der Waals surface area contributed by atoms with Gasteiger partial charge in [-0.1, -0.05) is 12.1 Å². The van der Waals surface area contributed by atoms with Gasteiger partial charge < -0.3 is 9.47 Å². The molecule has 0 bridgehead atoms. The van der Waals surface area contributed by atoms with E-state index in [1.807, 2.05) is 6.07 Å². The zero-order valence-electron chi connectivity index (χ0n) is 13.4. The molecule has 0 amide bonds. The summed E-state index contributed by atoms with van der Waals surface area (Å²) in [7, 11) is 1.77. The van der Waals surface area contributed by atoms with Crippen molar-refractivity contribution in [3.05, 3.63) is 35.6 Å². The smallest absolute Gasteiger partial charge is 0.123 e. The molecule has 2 saturated heterocycles. The van der Waals surface area contributed by atoms with Crippen molar-refractivity contribution in [2.75, 3.05) is 33.4 Å². The minimum absolute atomic E-state index is 0.0664. The van der Waals surface area contributed by atoms with Crippen LogP contribution in [-0.4, -0.2) is 43.9 Å². The first-order chi connectivity index (χ1) is 10.7. The number of likely N-dealkylation sites (tertiary alicyclic amines) is 1. The molecule has 0 aromatic heterocycles. The molecule has 1 aromatic rings. The maximum absolute atomic E-state index is 13.3. The number of piperidine rings is 1. The fourth-order valence-corrected chi connectivity index (χ4v) is 3.99. The Morgan fingerprint density at radius 3 is 2.91 bits per heavy atom. The third-order valence-corrected chi connectivity index (χ3v) is 5.27. The van der Waals surface area contributed by atoms with Gasteiger partial charge in [-0.3, -0.25) is 4.90 Å². The third-order valence-electron chi connectivity index (χ3n) is 5.27. The number of benzene rings is 1. The number of hydrogen-bond acceptors (Lipinski definition) is 3. The van der Waals surface area contributed by atoms with E-state index in [1.54, 1.807) is 19.2 Å². The minimum Gasteiger partial charge on any atom is -0.385 e. The number of rotatable bonds is 5. The molecular weight excluding hydrogens is 281 g/mol. The zero-order chi connectivity index (χ0) is 15.4. The predicted molar refractivity (Wildman–Crippen MR) is 84.2 cm³/mol. The van der Waals surface area contributed by atoms with Crippen LogP contribution < -0.4 is 0 Å². The second-order valence-electron chi connectivity index (χ2n) is 6.59. The van der Waals surface area contributed by atoms with E-state index in [9.17, 15) is 4.39 Å². The van der Waals surface area contributed by atoms with Gasteiger partial charge in [0.1, 0.15) is 5.82 Å². The second-order valence-corrected chi connectivity index (χ2v) is 6.59. The fourth-order valence-electron chi connectivity index (χ4n) is 3.99. The van der Waals surface area contributed by atoms with E-state index in [2.05, 4.69) is 4.90 Å². The Bertz CT molecular complexity index is 486. The van der Waals surface area contributed by atoms with Gasteiger partial charge >= 0.3 is 0 Å². The monoisotopic (exact) mass is 307 g/mol. The van der Waals surface area contributed by atoms with Gasteiger partial charge in [0.15, 0.2) is 0 Å². The lowest BCUT2D eigenvalue weighted by atomic mass is 9.78. The van der Waals surface area contributed by atoms with Crippen LogP contribution in [0.5, 0.6) is 0 Å². The first kappa shape index (κ1) is 15.9. The predicted octanol–water partition coefficient (Wildman–Crippen LogP) is 3.23. The highest BCUT2D eigenvalue weighted by atomic mass is 19.1. The Morgan fingerprint density at radius 2 is 2.18 bits per heavy atom. The summed E-state index contributed by atoms with van der Waals surface area (Å²) in [6.45, 7) is 4.59. The van der Waals surface area contributed by atoms with E-state index in [0.717, 1.165) is 64.1 Å². The summed E-state index contributed by atoms with van der Waals surface area (Å²) in [4.78, 5) is 2.41. The highest BCUT2D eigenvalue weighted by Crippen LogP contribution is 2.42. The van der Waals surface area contributed by atoms with E-state index in [-0.39, 0.29) is 11.4 Å². The van der Waals surface area contributed by atoms with Crippen molar-refractivity contribution in [1.29, 1.82) is 0 Å². The van der Waals surface area contributed by atoms with Crippen LogP contribution in [0.2, 0.25) is 0 Å². The van der Waals surface area contributed by atoms with E-state index in [1.165, 1.54) is 6.07 Å². The van der Waals surface area contributed by atoms with Crippen LogP contribution in [0.25, 0.3) is 0 Å². The average Bonchev–Trinajstić information content (AvgIpc) is 2.90. The molecule has 2 aliphatic rings. The zero-order valence-corrected chi connectivity index (χ0v) is 13.4. The Hall–Kier alpha value is -0.970. The van der Waals surface area contributed by atoms with Gasteiger partial charge in [-0.15, -0.1) is 0 Å². The molecule has 22 heavy (non-hydrogen) atoms. The maximum Gasteiger partial charge on any atom is 0.123 e. The fraction of sp³-hybridized carbons (Fsp3) is 0.667. The molecule has 2 heterocycles. The highest BCUT2D eigenvalue weighted by Gasteiger charge is 2.45. The van der Waals surface area contributed by atoms with Gasteiger partial charge in [0.05, 0.1) is 5.60 Å². The Balaban J connectivity index is 1.55. The molecule has 0 aliphatic carbocycles. The molecule has 3 nitrogen and oxygen atoms in total. The van der Waals surface area contributed by atoms with Crippen molar-refractivity contribution in [2.45, 2.75) is 37.8 Å². The first-order valence-corrected chi connectivity index (χ1v) is 8.31. The second kappa shape index (κ2) is 7.07. The van der Waals surface area contributed by atoms with Crippen molar-refractivity contribution in [2.24, 2.45) is 5.92 Å². The lowest BCUT2D eigenvalue weighted by molar-refractivity contribution is -0.0721. The molecule has 1 unspecified atom stereocenters. The van der Waals surface area contributed by atoms with Gasteiger partial charge in [-0.2, -0.15) is 0 Å². The Kier molecular flexibility index (Phi) is 5.11. The molecule has 0 radical (unpaired) electrons. The standard InChI is InChI=1S/C18H26FNO2/c1-21-11-5-16-6-12-22-18(16)7-9-20(10-8-18)14-15-3-2-4-17(19)13-15/h2-4,13,16H,5-12,14H2,1H3. The molecule has 2 aliphatic heterocycles. The molecule has 1 aromatic carbocycles. The van der Waals surface area contributed by atoms with Gasteiger partial charge in [-0.05, 0) is 49.3 Å². The molecule has 4 heteroatoms. The van der Waals surface area contributed by atoms with Gasteiger partial charge in [0.2, 0.25) is 0 Å². The Morgan fingerprint density at radius 1 is 1.36 bits per heavy atom. The Labute approximate surface area is 132 Å². The van der Waals surface area contributed by atoms with Crippen LogP contribution in [0.4, 0.5) is 4.39 Å². The molecule has 1 atom stereocenters. The van der Waals surface area contributed by atoms with Crippen LogP contribution in [0.3, 0.4) is 0 Å². The van der Waals surface area contributed by atoms with Crippen LogP contribution in [0.15, 0.2) is 24.3 Å². The number of ether oxygens (including phenoxy) is 2. The van der Waals surface area contributed by atoms with Crippen molar-refractivity contribution < 1.29 is 13.9 Å². The lowest BCUT2D eigenvalue weighted by Gasteiger charge is -2.42. The molecule has 3 rings (SSSR count). The third kappa shape index (κ3) is 3.50. The number of methoxy groups -OCH3 is 1. The highest BCUT2D eigenvalue weighted by molar-refractivity contribution is 5.16.